The number of hydrogen-bond acceptors (Lipinski definition) is 1. The molecule has 136 valence electrons. The van der Waals surface area contributed by atoms with Crippen molar-refractivity contribution < 1.29 is 26.3 Å². The molecule has 25 heavy (non-hydrogen) atoms. The normalized spacial score (nSPS) is 22.7. The van der Waals surface area contributed by atoms with E-state index in [1.54, 1.807) is 23.3 Å². The first kappa shape index (κ1) is 17.9. The molecule has 2 aliphatic carbocycles. The largest absolute Gasteiger partial charge is 0.407 e. The molecule has 3 aliphatic rings. The van der Waals surface area contributed by atoms with Crippen LogP contribution in [0.2, 0.25) is 0 Å². The van der Waals surface area contributed by atoms with Gasteiger partial charge in [0.1, 0.15) is 0 Å². The molecule has 0 spiro atoms. The third-order valence-corrected chi connectivity index (χ3v) is 4.88. The predicted molar refractivity (Wildman–Crippen MR) is 82.2 cm³/mol. The van der Waals surface area contributed by atoms with Crippen molar-refractivity contribution in [2.24, 2.45) is 5.41 Å². The summed E-state index contributed by atoms with van der Waals surface area (Å²) in [6.45, 7) is 5.98. The Hall–Kier alpha value is -1.92. The van der Waals surface area contributed by atoms with Gasteiger partial charge in [-0.25, -0.2) is 0 Å². The van der Waals surface area contributed by atoms with Gasteiger partial charge in [-0.15, -0.1) is 0 Å². The maximum atomic E-state index is 13.8. The van der Waals surface area contributed by atoms with Gasteiger partial charge in [-0.3, -0.25) is 0 Å². The molecule has 0 saturated carbocycles. The molecule has 3 rings (SSSR count). The van der Waals surface area contributed by atoms with E-state index >= 15 is 0 Å². The third-order valence-electron chi connectivity index (χ3n) is 4.88. The van der Waals surface area contributed by atoms with Gasteiger partial charge in [0.05, 0.1) is 5.70 Å². The monoisotopic (exact) mass is 361 g/mol. The summed E-state index contributed by atoms with van der Waals surface area (Å²) >= 11 is 0. The Morgan fingerprint density at radius 1 is 1.12 bits per heavy atom. The van der Waals surface area contributed by atoms with E-state index in [4.69, 9.17) is 0 Å². The van der Waals surface area contributed by atoms with Gasteiger partial charge in [-0.05, 0) is 35.6 Å². The molecule has 0 amide bonds. The highest BCUT2D eigenvalue weighted by Gasteiger charge is 2.74. The number of rotatable bonds is 2. The second kappa shape index (κ2) is 5.54. The number of halogens is 6. The van der Waals surface area contributed by atoms with E-state index < -0.39 is 29.8 Å². The van der Waals surface area contributed by atoms with Crippen LogP contribution in [0.1, 0.15) is 26.2 Å². The van der Waals surface area contributed by atoms with Crippen molar-refractivity contribution >= 4 is 0 Å². The molecule has 0 aromatic rings. The fourth-order valence-corrected chi connectivity index (χ4v) is 3.83. The quantitative estimate of drug-likeness (QED) is 0.561. The molecule has 0 aromatic heterocycles. The van der Waals surface area contributed by atoms with Gasteiger partial charge in [-0.1, -0.05) is 25.7 Å². The van der Waals surface area contributed by atoms with Gasteiger partial charge in [0.2, 0.25) is 0 Å². The smallest absolute Gasteiger partial charge is 0.347 e. The molecule has 0 N–H and O–H groups in total. The fourth-order valence-electron chi connectivity index (χ4n) is 3.83. The van der Waals surface area contributed by atoms with Gasteiger partial charge >= 0.3 is 12.4 Å². The summed E-state index contributed by atoms with van der Waals surface area (Å²) < 4.78 is 82.7. The van der Waals surface area contributed by atoms with E-state index in [-0.39, 0.29) is 17.6 Å². The molecule has 0 atom stereocenters. The second-order valence-corrected chi connectivity index (χ2v) is 6.43. The first-order valence-electron chi connectivity index (χ1n) is 7.97. The average molecular weight is 361 g/mol. The summed E-state index contributed by atoms with van der Waals surface area (Å²) in [7, 11) is 0. The van der Waals surface area contributed by atoms with Crippen LogP contribution in [-0.4, -0.2) is 23.8 Å². The minimum Gasteiger partial charge on any atom is -0.347 e. The van der Waals surface area contributed by atoms with E-state index in [0.29, 0.717) is 24.2 Å². The van der Waals surface area contributed by atoms with Gasteiger partial charge in [-0.2, -0.15) is 26.3 Å². The van der Waals surface area contributed by atoms with Crippen molar-refractivity contribution in [1.82, 2.24) is 4.90 Å². The molecular weight excluding hydrogens is 344 g/mol. The lowest BCUT2D eigenvalue weighted by Crippen LogP contribution is -2.54. The molecule has 1 heterocycles. The van der Waals surface area contributed by atoms with E-state index in [1.807, 2.05) is 6.92 Å². The maximum absolute atomic E-state index is 13.8. The van der Waals surface area contributed by atoms with Crippen molar-refractivity contribution in [3.05, 3.63) is 59.0 Å². The van der Waals surface area contributed by atoms with Crippen molar-refractivity contribution in [2.45, 2.75) is 38.5 Å². The van der Waals surface area contributed by atoms with Crippen molar-refractivity contribution in [3.8, 4) is 0 Å². The van der Waals surface area contributed by atoms with E-state index in [2.05, 4.69) is 6.58 Å². The second-order valence-electron chi connectivity index (χ2n) is 6.43. The van der Waals surface area contributed by atoms with Crippen LogP contribution in [0, 0.1) is 5.41 Å². The third kappa shape index (κ3) is 2.39. The number of allylic oxidation sites excluding steroid dienone is 7. The Labute approximate surface area is 141 Å². The molecule has 0 aromatic carbocycles. The molecule has 0 saturated heterocycles. The van der Waals surface area contributed by atoms with Crippen molar-refractivity contribution in [2.75, 3.05) is 6.54 Å². The van der Waals surface area contributed by atoms with Crippen LogP contribution < -0.4 is 0 Å². The van der Waals surface area contributed by atoms with Crippen LogP contribution in [0.25, 0.3) is 0 Å². The van der Waals surface area contributed by atoms with Crippen LogP contribution in [0.15, 0.2) is 59.0 Å². The summed E-state index contributed by atoms with van der Waals surface area (Å²) in [4.78, 5) is 1.70. The zero-order chi connectivity index (χ0) is 18.6. The van der Waals surface area contributed by atoms with Crippen LogP contribution in [0.5, 0.6) is 0 Å². The lowest BCUT2D eigenvalue weighted by atomic mass is 9.63. The molecule has 0 bridgehead atoms. The van der Waals surface area contributed by atoms with Crippen LogP contribution >= 0.6 is 0 Å². The summed E-state index contributed by atoms with van der Waals surface area (Å²) in [5.74, 6) is 0. The molecule has 7 heteroatoms. The van der Waals surface area contributed by atoms with Crippen LogP contribution in [0.4, 0.5) is 26.3 Å². The average Bonchev–Trinajstić information content (AvgIpc) is 2.49. The first-order valence-corrected chi connectivity index (χ1v) is 7.97. The molecule has 0 unspecified atom stereocenters. The summed E-state index contributed by atoms with van der Waals surface area (Å²) in [5, 5.41) is 0. The van der Waals surface area contributed by atoms with Gasteiger partial charge in [0, 0.05) is 24.7 Å². The lowest BCUT2D eigenvalue weighted by molar-refractivity contribution is -0.325. The molecule has 0 radical (unpaired) electrons. The minimum absolute atomic E-state index is 0.0214. The van der Waals surface area contributed by atoms with Gasteiger partial charge in [0.15, 0.2) is 5.41 Å². The molecule has 1 nitrogen and oxygen atoms in total. The highest BCUT2D eigenvalue weighted by molar-refractivity contribution is 5.67. The highest BCUT2D eigenvalue weighted by Crippen LogP contribution is 2.64. The molecule has 1 aliphatic heterocycles. The zero-order valence-electron chi connectivity index (χ0n) is 13.6. The highest BCUT2D eigenvalue weighted by atomic mass is 19.4. The Morgan fingerprint density at radius 2 is 1.76 bits per heavy atom. The maximum Gasteiger partial charge on any atom is 0.407 e. The minimum atomic E-state index is -5.46. The predicted octanol–water partition coefficient (Wildman–Crippen LogP) is 5.81. The number of hydrogen-bond donors (Lipinski definition) is 0. The van der Waals surface area contributed by atoms with Crippen LogP contribution in [0.3, 0.4) is 0 Å². The topological polar surface area (TPSA) is 3.24 Å². The SMILES string of the molecule is C=C1CC(C(F)(F)F)(C(F)(F)F)C2=CCC=C3C=CN(CCC)C1=C32. The van der Waals surface area contributed by atoms with Crippen molar-refractivity contribution in [1.29, 1.82) is 0 Å². The number of nitrogens with zero attached hydrogens (tertiary/aromatic N) is 1. The standard InChI is InChI=1S/C18H17F6N/c1-3-8-25-9-7-12-5-4-6-13-14(12)15(25)11(2)10-16(13,17(19,20)21)18(22,23)24/h5-7,9H,2-4,8,10H2,1H3. The van der Waals surface area contributed by atoms with Crippen LogP contribution in [-0.2, 0) is 0 Å². The van der Waals surface area contributed by atoms with Gasteiger partial charge in [0.25, 0.3) is 0 Å². The Morgan fingerprint density at radius 3 is 2.32 bits per heavy atom. The fraction of sp³-hybridized carbons (Fsp3) is 0.444. The summed E-state index contributed by atoms with van der Waals surface area (Å²) in [6, 6.07) is 0. The Kier molecular flexibility index (Phi) is 3.96. The summed E-state index contributed by atoms with van der Waals surface area (Å²) in [6.07, 6.45) is -5.38. The van der Waals surface area contributed by atoms with Gasteiger partial charge < -0.3 is 4.90 Å². The zero-order valence-corrected chi connectivity index (χ0v) is 13.6. The Bertz CT molecular complexity index is 716. The first-order chi connectivity index (χ1) is 11.5. The molecular formula is C18H17F6N. The number of alkyl halides is 6. The van der Waals surface area contributed by atoms with E-state index in [0.717, 1.165) is 6.08 Å². The Balaban J connectivity index is 2.29. The molecule has 0 fully saturated rings. The van der Waals surface area contributed by atoms with E-state index in [1.165, 1.54) is 0 Å². The lowest BCUT2D eigenvalue weighted by Gasteiger charge is -2.48. The van der Waals surface area contributed by atoms with Crippen molar-refractivity contribution in [3.63, 3.8) is 0 Å². The summed E-state index contributed by atoms with van der Waals surface area (Å²) in [5.41, 5.74) is -3.92. The van der Waals surface area contributed by atoms with E-state index in [9.17, 15) is 26.3 Å².